The lowest BCUT2D eigenvalue weighted by molar-refractivity contribution is -0.597. The summed E-state index contributed by atoms with van der Waals surface area (Å²) in [6.45, 7) is 2.13. The maximum atomic E-state index is 12.4. The van der Waals surface area contributed by atoms with Gasteiger partial charge in [0.25, 0.3) is 0 Å². The molecule has 0 fully saturated rings. The van der Waals surface area contributed by atoms with E-state index in [1.54, 1.807) is 0 Å². The fraction of sp³-hybridized carbons (Fsp3) is 0.294. The number of aryl methyl sites for hydroxylation is 1. The summed E-state index contributed by atoms with van der Waals surface area (Å²) in [7, 11) is -7.12. The predicted molar refractivity (Wildman–Crippen MR) is 99.6 cm³/mol. The first-order valence-corrected chi connectivity index (χ1v) is 12.6. The summed E-state index contributed by atoms with van der Waals surface area (Å²) in [5.74, 6) is 0. The summed E-state index contributed by atoms with van der Waals surface area (Å²) in [6, 6.07) is 19.6. The maximum absolute atomic E-state index is 12.4. The predicted octanol–water partition coefficient (Wildman–Crippen LogP) is 2.48. The lowest BCUT2D eigenvalue weighted by Gasteiger charge is -2.31. The number of hydrogen-bond acceptors (Lipinski definition) is 4. The molecule has 0 spiro atoms. The normalized spacial score (nSPS) is 13.3. The Morgan fingerprint density at radius 1 is 0.812 bits per heavy atom. The summed E-state index contributed by atoms with van der Waals surface area (Å²) in [4.78, 5) is 0. The van der Waals surface area contributed by atoms with Crippen molar-refractivity contribution >= 4 is 32.7 Å². The average molecular weight is 718 g/mol. The molecule has 0 saturated heterocycles. The molecule has 0 saturated carbocycles. The van der Waals surface area contributed by atoms with Crippen LogP contribution in [0.1, 0.15) is 5.56 Å². The minimum atomic E-state index is -7.12. The van der Waals surface area contributed by atoms with Gasteiger partial charge in [0, 0.05) is 22.6 Å². The van der Waals surface area contributed by atoms with E-state index in [4.69, 9.17) is 0 Å². The number of benzene rings is 2. The lowest BCUT2D eigenvalue weighted by Crippen LogP contribution is -3.61. The van der Waals surface area contributed by atoms with Gasteiger partial charge in [-0.1, -0.05) is 35.9 Å². The number of halogens is 10. The van der Waals surface area contributed by atoms with Gasteiger partial charge < -0.3 is 4.55 Å². The van der Waals surface area contributed by atoms with E-state index in [9.17, 15) is 48.1 Å². The van der Waals surface area contributed by atoms with Crippen molar-refractivity contribution in [1.82, 2.24) is 0 Å². The molecule has 2 rings (SSSR count). The van der Waals surface area contributed by atoms with Crippen LogP contribution in [0.4, 0.5) is 35.1 Å². The number of rotatable bonds is 7. The Morgan fingerprint density at radius 3 is 1.66 bits per heavy atom. The van der Waals surface area contributed by atoms with Gasteiger partial charge in [0.2, 0.25) is 0 Å². The van der Waals surface area contributed by atoms with E-state index >= 15 is 0 Å². The van der Waals surface area contributed by atoms with E-state index in [-0.39, 0.29) is 21.2 Å². The van der Waals surface area contributed by atoms with Gasteiger partial charge in [-0.2, -0.15) is 35.1 Å². The summed E-state index contributed by atoms with van der Waals surface area (Å²) in [6.07, 6.45) is -12.8. The third kappa shape index (κ3) is 7.91. The van der Waals surface area contributed by atoms with Gasteiger partial charge in [-0.25, -0.2) is 13.2 Å². The van der Waals surface area contributed by atoms with Crippen molar-refractivity contribution in [3.63, 3.8) is 0 Å². The topological polar surface area (TPSA) is 66.4 Å². The number of ether oxygens (including phenoxy) is 1. The third-order valence-corrected chi connectivity index (χ3v) is 7.38. The quantitative estimate of drug-likeness (QED) is 0.191. The molecule has 4 nitrogen and oxygen atoms in total. The van der Waals surface area contributed by atoms with Crippen LogP contribution in [0.25, 0.3) is 0 Å². The van der Waals surface area contributed by atoms with E-state index in [1.807, 2.05) is 4.74 Å². The second-order valence-electron chi connectivity index (χ2n) is 5.79. The Morgan fingerprint density at radius 2 is 1.25 bits per heavy atom. The van der Waals surface area contributed by atoms with Crippen molar-refractivity contribution in [2.45, 2.75) is 28.3 Å². The zero-order valence-corrected chi connectivity index (χ0v) is 20.6. The summed E-state index contributed by atoms with van der Waals surface area (Å²) in [5.41, 5.74) is 1.34. The molecule has 0 aliphatic heterocycles. The van der Waals surface area contributed by atoms with Crippen LogP contribution in [-0.4, -0.2) is 34.4 Å². The molecule has 32 heavy (non-hydrogen) atoms. The Balaban J connectivity index is 0.000000328. The molecule has 0 aliphatic rings. The highest BCUT2D eigenvalue weighted by Gasteiger charge is 2.71. The Labute approximate surface area is 201 Å². The largest absolute Gasteiger partial charge is 0.743 e. The van der Waals surface area contributed by atoms with E-state index in [1.165, 1.54) is 12.7 Å². The first-order valence-electron chi connectivity index (χ1n) is 7.92. The van der Waals surface area contributed by atoms with Gasteiger partial charge in [-0.05, 0) is 31.2 Å². The van der Waals surface area contributed by atoms with Crippen LogP contribution in [0.3, 0.4) is 0 Å². The molecule has 0 aromatic heterocycles. The minimum Gasteiger partial charge on any atom is -0.743 e. The van der Waals surface area contributed by atoms with Crippen LogP contribution >= 0.6 is 22.6 Å². The molecule has 0 bridgehead atoms. The van der Waals surface area contributed by atoms with Gasteiger partial charge in [0.05, 0.1) is 0 Å². The van der Waals surface area contributed by atoms with Crippen LogP contribution < -0.4 is 21.2 Å². The van der Waals surface area contributed by atoms with Crippen molar-refractivity contribution in [2.24, 2.45) is 0 Å². The van der Waals surface area contributed by atoms with Crippen molar-refractivity contribution in [3.05, 3.63) is 67.3 Å². The summed E-state index contributed by atoms with van der Waals surface area (Å²) >= 11 is -0.390. The molecule has 15 heteroatoms. The standard InChI is InChI=1S/C13H12I.C4HF8IO4S/c1-11-7-9-13(10-8-11)14-12-5-3-2-4-6-12;5-1(6,13)2(7,8)17-3(9,10)4(11,12)18(14,15)16/h2-10H,1H3;(H,14,15,16)/q+1;/p-1. The van der Waals surface area contributed by atoms with Crippen LogP contribution in [0.2, 0.25) is 0 Å². The molecule has 0 radical (unpaired) electrons. The first kappa shape index (κ1) is 29.2. The molecular weight excluding hydrogens is 706 g/mol. The maximum Gasteiger partial charge on any atom is 0.438 e. The summed E-state index contributed by atoms with van der Waals surface area (Å²) in [5, 5.41) is -6.65. The van der Waals surface area contributed by atoms with Gasteiger partial charge >= 0.3 is 42.6 Å². The molecule has 180 valence electrons. The molecule has 0 unspecified atom stereocenters. The Kier molecular flexibility index (Phi) is 9.73. The van der Waals surface area contributed by atoms with E-state index in [0.717, 1.165) is 0 Å². The first-order chi connectivity index (χ1) is 14.3. The highest BCUT2D eigenvalue weighted by molar-refractivity contribution is 14.1. The van der Waals surface area contributed by atoms with E-state index in [2.05, 4.69) is 61.5 Å². The molecule has 0 N–H and O–H groups in total. The average Bonchev–Trinajstić information content (AvgIpc) is 2.62. The molecule has 2 aromatic rings. The van der Waals surface area contributed by atoms with Crippen LogP contribution in [-0.2, 0) is 14.9 Å². The SMILES string of the molecule is Cc1ccc([I+]c2ccccc2)cc1.O=S(=O)([O-])C(F)(F)C(F)(F)OC(F)(F)C(F)(F)I. The summed E-state index contributed by atoms with van der Waals surface area (Å²) < 4.78 is 126. The smallest absolute Gasteiger partial charge is 0.438 e. The fourth-order valence-corrected chi connectivity index (χ4v) is 4.28. The second kappa shape index (κ2) is 10.6. The minimum absolute atomic E-state index is 0.0159. The highest BCUT2D eigenvalue weighted by Crippen LogP contribution is 2.48. The number of hydrogen-bond donors (Lipinski definition) is 0. The molecule has 0 atom stereocenters. The molecular formula is C17H12F8I2O4S. The Bertz CT molecular complexity index is 982. The van der Waals surface area contributed by atoms with Crippen molar-refractivity contribution in [3.8, 4) is 0 Å². The van der Waals surface area contributed by atoms with E-state index < -0.39 is 54.1 Å². The highest BCUT2D eigenvalue weighted by atomic mass is 127. The molecule has 0 amide bonds. The zero-order valence-electron chi connectivity index (χ0n) is 15.5. The number of alkyl halides is 9. The second-order valence-corrected chi connectivity index (χ2v) is 11.6. The molecule has 0 heterocycles. The van der Waals surface area contributed by atoms with Crippen molar-refractivity contribution < 1.29 is 74.0 Å². The van der Waals surface area contributed by atoms with Crippen LogP contribution in [0, 0.1) is 14.1 Å². The molecule has 0 aliphatic carbocycles. The van der Waals surface area contributed by atoms with Gasteiger partial charge in [0.15, 0.2) is 17.3 Å². The lowest BCUT2D eigenvalue weighted by atomic mass is 10.2. The van der Waals surface area contributed by atoms with Crippen molar-refractivity contribution in [2.75, 3.05) is 0 Å². The Hall–Kier alpha value is -0.790. The third-order valence-electron chi connectivity index (χ3n) is 3.20. The van der Waals surface area contributed by atoms with Gasteiger partial charge in [0.1, 0.15) is 0 Å². The van der Waals surface area contributed by atoms with Gasteiger partial charge in [-0.3, -0.25) is 0 Å². The fourth-order valence-electron chi connectivity index (χ4n) is 1.62. The van der Waals surface area contributed by atoms with Crippen molar-refractivity contribution in [1.29, 1.82) is 0 Å². The van der Waals surface area contributed by atoms with Crippen LogP contribution in [0.15, 0.2) is 54.6 Å². The monoisotopic (exact) mass is 718 g/mol. The van der Waals surface area contributed by atoms with Crippen LogP contribution in [0.5, 0.6) is 0 Å². The van der Waals surface area contributed by atoms with E-state index in [0.29, 0.717) is 0 Å². The molecule has 2 aromatic carbocycles. The zero-order chi connectivity index (χ0) is 25.0. The van der Waals surface area contributed by atoms with Gasteiger partial charge in [-0.15, -0.1) is 0 Å².